The lowest BCUT2D eigenvalue weighted by molar-refractivity contribution is 0.101. The number of carbonyl (C=O) groups is 1. The molecule has 0 N–H and O–H groups in total. The van der Waals surface area contributed by atoms with E-state index in [0.717, 1.165) is 16.9 Å². The highest BCUT2D eigenvalue weighted by molar-refractivity contribution is 6.15. The fraction of sp³-hybridized carbons (Fsp3) is 0.125. The second kappa shape index (κ2) is 7.80. The lowest BCUT2D eigenvalue weighted by atomic mass is 10.0. The Morgan fingerprint density at radius 3 is 2.62 bits per heavy atom. The average Bonchev–Trinajstić information content (AvgIpc) is 3.04. The number of Topliss-reactive ketones (excluding diaryl/α,β-unsaturated/α-hetero) is 1. The lowest BCUT2D eigenvalue weighted by Crippen LogP contribution is -2.01. The van der Waals surface area contributed by atoms with Gasteiger partial charge in [-0.15, -0.1) is 0 Å². The Balaban J connectivity index is 1.59. The standard InChI is InChI=1S/C24H19FO4/c1-15-11-18(28-14-17-8-4-6-10-20(17)27-2)13-21-23(15)24(26)22(29-21)12-16-7-3-5-9-19(16)25/h3-13H,14H2,1-2H3/b22-12-. The molecule has 0 atom stereocenters. The highest BCUT2D eigenvalue weighted by Crippen LogP contribution is 2.38. The zero-order chi connectivity index (χ0) is 20.4. The van der Waals surface area contributed by atoms with Crippen LogP contribution in [0.2, 0.25) is 0 Å². The number of methoxy groups -OCH3 is 1. The average molecular weight is 390 g/mol. The summed E-state index contributed by atoms with van der Waals surface area (Å²) in [6, 6.07) is 17.3. The number of carbonyl (C=O) groups excluding carboxylic acids is 1. The fourth-order valence-corrected chi connectivity index (χ4v) is 3.28. The number of hydrogen-bond acceptors (Lipinski definition) is 4. The molecule has 5 heteroatoms. The largest absolute Gasteiger partial charge is 0.496 e. The number of benzene rings is 3. The van der Waals surface area contributed by atoms with Gasteiger partial charge in [-0.1, -0.05) is 36.4 Å². The van der Waals surface area contributed by atoms with E-state index in [9.17, 15) is 9.18 Å². The van der Waals surface area contributed by atoms with Crippen molar-refractivity contribution in [3.05, 3.63) is 94.5 Å². The number of hydrogen-bond donors (Lipinski definition) is 0. The van der Waals surface area contributed by atoms with E-state index in [0.29, 0.717) is 29.2 Å². The smallest absolute Gasteiger partial charge is 0.232 e. The number of aryl methyl sites for hydroxylation is 1. The minimum Gasteiger partial charge on any atom is -0.496 e. The van der Waals surface area contributed by atoms with E-state index in [1.807, 2.05) is 31.2 Å². The monoisotopic (exact) mass is 390 g/mol. The van der Waals surface area contributed by atoms with Gasteiger partial charge < -0.3 is 14.2 Å². The van der Waals surface area contributed by atoms with Crippen LogP contribution < -0.4 is 14.2 Å². The molecule has 0 fully saturated rings. The molecule has 0 aliphatic carbocycles. The van der Waals surface area contributed by atoms with Crippen LogP contribution in [0.3, 0.4) is 0 Å². The molecule has 0 amide bonds. The van der Waals surface area contributed by atoms with Crippen LogP contribution in [0.15, 0.2) is 66.4 Å². The van der Waals surface area contributed by atoms with Crippen molar-refractivity contribution in [3.8, 4) is 17.2 Å². The second-order valence-corrected chi connectivity index (χ2v) is 6.68. The Hall–Kier alpha value is -3.60. The Morgan fingerprint density at radius 1 is 1.07 bits per heavy atom. The van der Waals surface area contributed by atoms with Gasteiger partial charge in [-0.25, -0.2) is 4.39 Å². The Morgan fingerprint density at radius 2 is 1.83 bits per heavy atom. The fourth-order valence-electron chi connectivity index (χ4n) is 3.28. The first-order valence-corrected chi connectivity index (χ1v) is 9.15. The normalized spacial score (nSPS) is 13.9. The first-order valence-electron chi connectivity index (χ1n) is 9.15. The van der Waals surface area contributed by atoms with E-state index in [1.165, 1.54) is 12.1 Å². The van der Waals surface area contributed by atoms with Crippen LogP contribution in [-0.4, -0.2) is 12.9 Å². The highest BCUT2D eigenvalue weighted by Gasteiger charge is 2.30. The van der Waals surface area contributed by atoms with E-state index < -0.39 is 5.82 Å². The van der Waals surface area contributed by atoms with Crippen LogP contribution in [0.25, 0.3) is 6.08 Å². The Labute approximate surface area is 168 Å². The van der Waals surface area contributed by atoms with Crippen molar-refractivity contribution in [1.29, 1.82) is 0 Å². The molecule has 0 saturated carbocycles. The van der Waals surface area contributed by atoms with E-state index in [-0.39, 0.29) is 11.5 Å². The minimum atomic E-state index is -0.412. The summed E-state index contributed by atoms with van der Waals surface area (Å²) in [4.78, 5) is 12.7. The number of allylic oxidation sites excluding steroid dienone is 1. The Bertz CT molecular complexity index is 1120. The summed E-state index contributed by atoms with van der Waals surface area (Å²) >= 11 is 0. The molecule has 3 aromatic rings. The van der Waals surface area contributed by atoms with Crippen molar-refractivity contribution < 1.29 is 23.4 Å². The molecule has 4 rings (SSSR count). The molecule has 0 aromatic heterocycles. The molecular weight excluding hydrogens is 371 g/mol. The number of rotatable bonds is 5. The Kier molecular flexibility index (Phi) is 5.04. The molecule has 29 heavy (non-hydrogen) atoms. The van der Waals surface area contributed by atoms with Gasteiger partial charge in [-0.2, -0.15) is 0 Å². The van der Waals surface area contributed by atoms with Crippen LogP contribution in [0, 0.1) is 12.7 Å². The predicted molar refractivity (Wildman–Crippen MR) is 108 cm³/mol. The maximum absolute atomic E-state index is 13.9. The van der Waals surface area contributed by atoms with Gasteiger partial charge in [0.25, 0.3) is 0 Å². The number of halogens is 1. The summed E-state index contributed by atoms with van der Waals surface area (Å²) in [6.45, 7) is 2.14. The van der Waals surface area contributed by atoms with Gasteiger partial charge in [0.15, 0.2) is 5.76 Å². The van der Waals surface area contributed by atoms with Gasteiger partial charge in [-0.05, 0) is 36.8 Å². The van der Waals surface area contributed by atoms with Crippen LogP contribution in [0.5, 0.6) is 17.2 Å². The van der Waals surface area contributed by atoms with Crippen molar-refractivity contribution >= 4 is 11.9 Å². The highest BCUT2D eigenvalue weighted by atomic mass is 19.1. The summed E-state index contributed by atoms with van der Waals surface area (Å²) in [5.74, 6) is 1.14. The summed E-state index contributed by atoms with van der Waals surface area (Å²) < 4.78 is 30.9. The third-order valence-electron chi connectivity index (χ3n) is 4.72. The van der Waals surface area contributed by atoms with E-state index in [2.05, 4.69) is 0 Å². The molecule has 1 heterocycles. The lowest BCUT2D eigenvalue weighted by Gasteiger charge is -2.11. The molecule has 0 unspecified atom stereocenters. The third kappa shape index (κ3) is 3.72. The van der Waals surface area contributed by atoms with E-state index in [4.69, 9.17) is 14.2 Å². The molecule has 146 valence electrons. The van der Waals surface area contributed by atoms with Gasteiger partial charge in [-0.3, -0.25) is 4.79 Å². The molecule has 4 nitrogen and oxygen atoms in total. The van der Waals surface area contributed by atoms with Gasteiger partial charge >= 0.3 is 0 Å². The first-order chi connectivity index (χ1) is 14.1. The summed E-state index contributed by atoms with van der Waals surface area (Å²) in [6.07, 6.45) is 1.42. The van der Waals surface area contributed by atoms with Crippen LogP contribution >= 0.6 is 0 Å². The van der Waals surface area contributed by atoms with Crippen molar-refractivity contribution in [1.82, 2.24) is 0 Å². The van der Waals surface area contributed by atoms with Crippen molar-refractivity contribution in [2.45, 2.75) is 13.5 Å². The van der Waals surface area contributed by atoms with Gasteiger partial charge in [0.2, 0.25) is 5.78 Å². The van der Waals surface area contributed by atoms with Crippen LogP contribution in [0.4, 0.5) is 4.39 Å². The van der Waals surface area contributed by atoms with E-state index in [1.54, 1.807) is 37.4 Å². The number of fused-ring (bicyclic) bond motifs is 1. The van der Waals surface area contributed by atoms with E-state index >= 15 is 0 Å². The number of ketones is 1. The van der Waals surface area contributed by atoms with Gasteiger partial charge in [0.05, 0.1) is 12.7 Å². The third-order valence-corrected chi connectivity index (χ3v) is 4.72. The molecule has 1 aliphatic heterocycles. The number of para-hydroxylation sites is 1. The topological polar surface area (TPSA) is 44.8 Å². The SMILES string of the molecule is COc1ccccc1COc1cc(C)c2c(c1)O/C(=C\c1ccccc1F)C2=O. The summed E-state index contributed by atoms with van der Waals surface area (Å²) in [5.41, 5.74) is 2.41. The molecule has 0 spiro atoms. The summed E-state index contributed by atoms with van der Waals surface area (Å²) in [5, 5.41) is 0. The predicted octanol–water partition coefficient (Wildman–Crippen LogP) is 5.34. The van der Waals surface area contributed by atoms with Crippen molar-refractivity contribution in [2.24, 2.45) is 0 Å². The molecule has 1 aliphatic rings. The second-order valence-electron chi connectivity index (χ2n) is 6.68. The maximum Gasteiger partial charge on any atom is 0.232 e. The minimum absolute atomic E-state index is 0.0927. The molecular formula is C24H19FO4. The summed E-state index contributed by atoms with van der Waals surface area (Å²) in [7, 11) is 1.61. The first kappa shape index (κ1) is 18.7. The van der Waals surface area contributed by atoms with Gasteiger partial charge in [0, 0.05) is 17.2 Å². The molecule has 3 aromatic carbocycles. The molecule has 0 bridgehead atoms. The van der Waals surface area contributed by atoms with Gasteiger partial charge in [0.1, 0.15) is 29.7 Å². The van der Waals surface area contributed by atoms with Crippen LogP contribution in [-0.2, 0) is 6.61 Å². The van der Waals surface area contributed by atoms with Crippen LogP contribution in [0.1, 0.15) is 27.0 Å². The van der Waals surface area contributed by atoms with Crippen molar-refractivity contribution in [3.63, 3.8) is 0 Å². The number of ether oxygens (including phenoxy) is 3. The quantitative estimate of drug-likeness (QED) is 0.552. The van der Waals surface area contributed by atoms with Crippen molar-refractivity contribution in [2.75, 3.05) is 7.11 Å². The molecule has 0 saturated heterocycles. The molecule has 0 radical (unpaired) electrons. The maximum atomic E-state index is 13.9. The zero-order valence-electron chi connectivity index (χ0n) is 16.1. The zero-order valence-corrected chi connectivity index (χ0v) is 16.1.